The zero-order valence-electron chi connectivity index (χ0n) is 8.43. The van der Waals surface area contributed by atoms with Gasteiger partial charge in [0.1, 0.15) is 0 Å². The fourth-order valence-corrected chi connectivity index (χ4v) is 1.18. The first-order valence-corrected chi connectivity index (χ1v) is 4.63. The molecule has 0 saturated heterocycles. The summed E-state index contributed by atoms with van der Waals surface area (Å²) in [4.78, 5) is 0. The molecule has 0 atom stereocenters. The van der Waals surface area contributed by atoms with Gasteiger partial charge in [-0.25, -0.2) is 0 Å². The Morgan fingerprint density at radius 3 is 2.85 bits per heavy atom. The molecule has 0 aliphatic rings. The number of benzene rings is 1. The molecule has 1 heteroatoms. The first-order valence-electron chi connectivity index (χ1n) is 4.63. The number of anilines is 1. The molecule has 13 heavy (non-hydrogen) atoms. The van der Waals surface area contributed by atoms with Crippen molar-refractivity contribution in [1.29, 1.82) is 0 Å². The number of rotatable bonds is 4. The average Bonchev–Trinajstić information content (AvgIpc) is 2.03. The summed E-state index contributed by atoms with van der Waals surface area (Å²) in [6, 6.07) is 8.41. The van der Waals surface area contributed by atoms with Crippen molar-refractivity contribution in [2.45, 2.75) is 20.3 Å². The van der Waals surface area contributed by atoms with E-state index < -0.39 is 0 Å². The van der Waals surface area contributed by atoms with E-state index in [1.54, 1.807) is 0 Å². The van der Waals surface area contributed by atoms with Crippen LogP contribution in [0.3, 0.4) is 0 Å². The lowest BCUT2D eigenvalue weighted by Crippen LogP contribution is -2.01. The maximum absolute atomic E-state index is 3.86. The third-order valence-electron chi connectivity index (χ3n) is 1.90. The van der Waals surface area contributed by atoms with Gasteiger partial charge in [0.15, 0.2) is 0 Å². The van der Waals surface area contributed by atoms with E-state index in [4.69, 9.17) is 0 Å². The zero-order chi connectivity index (χ0) is 9.68. The van der Waals surface area contributed by atoms with Crippen molar-refractivity contribution in [3.05, 3.63) is 42.0 Å². The molecular weight excluding hydrogens is 158 g/mol. The summed E-state index contributed by atoms with van der Waals surface area (Å²) >= 11 is 0. The van der Waals surface area contributed by atoms with E-state index in [-0.39, 0.29) is 0 Å². The van der Waals surface area contributed by atoms with Crippen LogP contribution >= 0.6 is 0 Å². The molecule has 0 aliphatic carbocycles. The van der Waals surface area contributed by atoms with Gasteiger partial charge in [0, 0.05) is 12.2 Å². The van der Waals surface area contributed by atoms with E-state index in [2.05, 4.69) is 50.0 Å². The molecule has 0 aliphatic heterocycles. The standard InChI is InChI=1S/C12H17N/c1-10(2)7-8-13-12-6-4-5-11(3)9-12/h4-6,9,13H,1,7-8H2,2-3H3. The van der Waals surface area contributed by atoms with Crippen LogP contribution in [0.5, 0.6) is 0 Å². The van der Waals surface area contributed by atoms with Gasteiger partial charge in [-0.3, -0.25) is 0 Å². The Bertz CT molecular complexity index is 289. The first-order chi connectivity index (χ1) is 6.18. The van der Waals surface area contributed by atoms with Gasteiger partial charge in [0.05, 0.1) is 0 Å². The van der Waals surface area contributed by atoms with Gasteiger partial charge in [-0.15, -0.1) is 6.58 Å². The van der Waals surface area contributed by atoms with Crippen molar-refractivity contribution < 1.29 is 0 Å². The van der Waals surface area contributed by atoms with E-state index in [0.29, 0.717) is 0 Å². The summed E-state index contributed by atoms with van der Waals surface area (Å²) in [5.74, 6) is 0. The van der Waals surface area contributed by atoms with Crippen molar-refractivity contribution in [3.8, 4) is 0 Å². The predicted molar refractivity (Wildman–Crippen MR) is 59.1 cm³/mol. The molecule has 0 aromatic heterocycles. The van der Waals surface area contributed by atoms with E-state index in [0.717, 1.165) is 13.0 Å². The number of nitrogens with one attached hydrogen (secondary N) is 1. The second-order valence-electron chi connectivity index (χ2n) is 3.50. The van der Waals surface area contributed by atoms with Gasteiger partial charge in [0.2, 0.25) is 0 Å². The molecule has 0 heterocycles. The molecule has 1 aromatic carbocycles. The highest BCUT2D eigenvalue weighted by molar-refractivity contribution is 5.45. The smallest absolute Gasteiger partial charge is 0.0342 e. The van der Waals surface area contributed by atoms with Crippen LogP contribution in [0.2, 0.25) is 0 Å². The van der Waals surface area contributed by atoms with Crippen molar-refractivity contribution in [1.82, 2.24) is 0 Å². The minimum Gasteiger partial charge on any atom is -0.385 e. The Balaban J connectivity index is 2.41. The highest BCUT2D eigenvalue weighted by Crippen LogP contribution is 2.09. The molecule has 1 aromatic rings. The maximum Gasteiger partial charge on any atom is 0.0342 e. The third kappa shape index (κ3) is 3.79. The maximum atomic E-state index is 3.86. The third-order valence-corrected chi connectivity index (χ3v) is 1.90. The summed E-state index contributed by atoms with van der Waals surface area (Å²) in [6.45, 7) is 8.99. The Morgan fingerprint density at radius 1 is 1.46 bits per heavy atom. The van der Waals surface area contributed by atoms with Crippen molar-refractivity contribution >= 4 is 5.69 Å². The SMILES string of the molecule is C=C(C)CCNc1cccc(C)c1. The van der Waals surface area contributed by atoms with Crippen molar-refractivity contribution in [2.75, 3.05) is 11.9 Å². The molecule has 0 saturated carbocycles. The summed E-state index contributed by atoms with van der Waals surface area (Å²) < 4.78 is 0. The zero-order valence-corrected chi connectivity index (χ0v) is 8.43. The Morgan fingerprint density at radius 2 is 2.23 bits per heavy atom. The lowest BCUT2D eigenvalue weighted by molar-refractivity contribution is 1.00. The van der Waals surface area contributed by atoms with E-state index in [9.17, 15) is 0 Å². The van der Waals surface area contributed by atoms with Gasteiger partial charge in [0.25, 0.3) is 0 Å². The predicted octanol–water partition coefficient (Wildman–Crippen LogP) is 3.37. The lowest BCUT2D eigenvalue weighted by atomic mass is 10.2. The van der Waals surface area contributed by atoms with Crippen LogP contribution in [0.25, 0.3) is 0 Å². The normalized spacial score (nSPS) is 9.69. The average molecular weight is 175 g/mol. The van der Waals surface area contributed by atoms with Gasteiger partial charge in [-0.1, -0.05) is 17.7 Å². The Kier molecular flexibility index (Phi) is 3.56. The minimum atomic E-state index is 0.971. The molecule has 0 unspecified atom stereocenters. The van der Waals surface area contributed by atoms with Gasteiger partial charge < -0.3 is 5.32 Å². The number of hydrogen-bond donors (Lipinski definition) is 1. The number of aryl methyl sites for hydroxylation is 1. The van der Waals surface area contributed by atoms with Crippen LogP contribution < -0.4 is 5.32 Å². The molecule has 1 nitrogen and oxygen atoms in total. The molecule has 1 rings (SSSR count). The molecule has 0 amide bonds. The van der Waals surface area contributed by atoms with Crippen LogP contribution in [0, 0.1) is 6.92 Å². The molecule has 70 valence electrons. The fourth-order valence-electron chi connectivity index (χ4n) is 1.18. The van der Waals surface area contributed by atoms with E-state index >= 15 is 0 Å². The van der Waals surface area contributed by atoms with Crippen LogP contribution in [0.15, 0.2) is 36.4 Å². The molecule has 0 radical (unpaired) electrons. The summed E-state index contributed by atoms with van der Waals surface area (Å²) in [5, 5.41) is 3.36. The van der Waals surface area contributed by atoms with Gasteiger partial charge in [-0.2, -0.15) is 0 Å². The Hall–Kier alpha value is -1.24. The molecule has 0 bridgehead atoms. The Labute approximate surface area is 80.5 Å². The molecule has 1 N–H and O–H groups in total. The van der Waals surface area contributed by atoms with E-state index in [1.807, 2.05) is 0 Å². The summed E-state index contributed by atoms with van der Waals surface area (Å²) in [5.41, 5.74) is 3.71. The largest absolute Gasteiger partial charge is 0.385 e. The monoisotopic (exact) mass is 175 g/mol. The van der Waals surface area contributed by atoms with E-state index in [1.165, 1.54) is 16.8 Å². The first kappa shape index (κ1) is 9.85. The topological polar surface area (TPSA) is 12.0 Å². The second kappa shape index (κ2) is 4.70. The highest BCUT2D eigenvalue weighted by Gasteiger charge is 1.91. The molecular formula is C12H17N. The van der Waals surface area contributed by atoms with Crippen LogP contribution in [-0.4, -0.2) is 6.54 Å². The lowest BCUT2D eigenvalue weighted by Gasteiger charge is -2.06. The number of hydrogen-bond acceptors (Lipinski definition) is 1. The summed E-state index contributed by atoms with van der Waals surface area (Å²) in [7, 11) is 0. The van der Waals surface area contributed by atoms with Crippen LogP contribution in [0.1, 0.15) is 18.9 Å². The fraction of sp³-hybridized carbons (Fsp3) is 0.333. The van der Waals surface area contributed by atoms with Crippen molar-refractivity contribution in [3.63, 3.8) is 0 Å². The van der Waals surface area contributed by atoms with Crippen LogP contribution in [0.4, 0.5) is 5.69 Å². The minimum absolute atomic E-state index is 0.971. The van der Waals surface area contributed by atoms with Crippen LogP contribution in [-0.2, 0) is 0 Å². The highest BCUT2D eigenvalue weighted by atomic mass is 14.9. The molecule has 0 fully saturated rings. The summed E-state index contributed by atoms with van der Waals surface area (Å²) in [6.07, 6.45) is 1.04. The van der Waals surface area contributed by atoms with Gasteiger partial charge in [-0.05, 0) is 38.0 Å². The van der Waals surface area contributed by atoms with Gasteiger partial charge >= 0.3 is 0 Å². The van der Waals surface area contributed by atoms with Crippen molar-refractivity contribution in [2.24, 2.45) is 0 Å². The second-order valence-corrected chi connectivity index (χ2v) is 3.50. The quantitative estimate of drug-likeness (QED) is 0.692. The molecule has 0 spiro atoms.